The molecule has 0 aliphatic rings. The second kappa shape index (κ2) is 8.60. The third-order valence-corrected chi connectivity index (χ3v) is 2.21. The first kappa shape index (κ1) is 16.5. The van der Waals surface area contributed by atoms with Crippen molar-refractivity contribution in [3.8, 4) is 0 Å². The van der Waals surface area contributed by atoms with Gasteiger partial charge >= 0.3 is 0 Å². The lowest BCUT2D eigenvalue weighted by Gasteiger charge is -2.03. The highest BCUT2D eigenvalue weighted by molar-refractivity contribution is 5.97. The summed E-state index contributed by atoms with van der Waals surface area (Å²) in [6.45, 7) is 0.779. The van der Waals surface area contributed by atoms with E-state index in [0.717, 1.165) is 0 Å². The number of nitrogens with one attached hydrogen (secondary N) is 1. The summed E-state index contributed by atoms with van der Waals surface area (Å²) in [6, 6.07) is 5.27. The highest BCUT2D eigenvalue weighted by Crippen LogP contribution is 2.07. The van der Waals surface area contributed by atoms with Crippen molar-refractivity contribution in [1.29, 1.82) is 0 Å². The van der Waals surface area contributed by atoms with Gasteiger partial charge in [-0.15, -0.1) is 12.4 Å². The molecular formula is C12H16ClFN2O2. The van der Waals surface area contributed by atoms with E-state index in [1.54, 1.807) is 0 Å². The molecule has 3 N–H and O–H groups in total. The van der Waals surface area contributed by atoms with Gasteiger partial charge in [0, 0.05) is 31.5 Å². The van der Waals surface area contributed by atoms with E-state index >= 15 is 0 Å². The molecule has 0 aromatic heterocycles. The Kier molecular flexibility index (Phi) is 7.91. The molecule has 0 saturated heterocycles. The minimum atomic E-state index is -0.387. The SMILES string of the molecule is Cl.NCCNC(=O)CCC(=O)c1ccc(F)cc1. The lowest BCUT2D eigenvalue weighted by Crippen LogP contribution is -2.29. The molecule has 100 valence electrons. The third-order valence-electron chi connectivity index (χ3n) is 2.21. The monoisotopic (exact) mass is 274 g/mol. The number of Topliss-reactive ketones (excluding diaryl/α,β-unsaturated/α-hetero) is 1. The molecule has 18 heavy (non-hydrogen) atoms. The molecule has 1 amide bonds. The van der Waals surface area contributed by atoms with E-state index in [9.17, 15) is 14.0 Å². The van der Waals surface area contributed by atoms with Crippen LogP contribution in [0.5, 0.6) is 0 Å². The molecule has 0 bridgehead atoms. The summed E-state index contributed by atoms with van der Waals surface area (Å²) in [5, 5.41) is 2.57. The van der Waals surface area contributed by atoms with Gasteiger partial charge in [0.25, 0.3) is 0 Å². The number of nitrogens with two attached hydrogens (primary N) is 1. The Morgan fingerprint density at radius 3 is 2.33 bits per heavy atom. The summed E-state index contributed by atoms with van der Waals surface area (Å²) in [7, 11) is 0. The van der Waals surface area contributed by atoms with Crippen molar-refractivity contribution in [3.63, 3.8) is 0 Å². The molecule has 0 aliphatic heterocycles. The number of rotatable bonds is 6. The van der Waals surface area contributed by atoms with Crippen LogP contribution < -0.4 is 11.1 Å². The van der Waals surface area contributed by atoms with Crippen LogP contribution in [-0.4, -0.2) is 24.8 Å². The van der Waals surface area contributed by atoms with E-state index in [-0.39, 0.29) is 42.8 Å². The molecular weight excluding hydrogens is 259 g/mol. The molecule has 0 radical (unpaired) electrons. The molecule has 0 atom stereocenters. The zero-order valence-corrected chi connectivity index (χ0v) is 10.6. The van der Waals surface area contributed by atoms with Crippen LogP contribution in [0.15, 0.2) is 24.3 Å². The Labute approximate surface area is 111 Å². The van der Waals surface area contributed by atoms with E-state index in [1.807, 2.05) is 0 Å². The van der Waals surface area contributed by atoms with Crippen molar-refractivity contribution in [1.82, 2.24) is 5.32 Å². The Morgan fingerprint density at radius 1 is 1.17 bits per heavy atom. The Hall–Kier alpha value is -1.46. The number of carbonyl (C=O) groups excluding carboxylic acids is 2. The van der Waals surface area contributed by atoms with Crippen LogP contribution in [0, 0.1) is 5.82 Å². The fourth-order valence-electron chi connectivity index (χ4n) is 1.31. The number of hydrogen-bond donors (Lipinski definition) is 2. The van der Waals surface area contributed by atoms with Gasteiger partial charge in [-0.3, -0.25) is 9.59 Å². The number of ketones is 1. The molecule has 6 heteroatoms. The van der Waals surface area contributed by atoms with Crippen LogP contribution in [0.2, 0.25) is 0 Å². The lowest BCUT2D eigenvalue weighted by molar-refractivity contribution is -0.121. The molecule has 4 nitrogen and oxygen atoms in total. The third kappa shape index (κ3) is 5.75. The molecule has 0 spiro atoms. The van der Waals surface area contributed by atoms with Gasteiger partial charge in [0.2, 0.25) is 5.91 Å². The Morgan fingerprint density at radius 2 is 1.78 bits per heavy atom. The van der Waals surface area contributed by atoms with E-state index in [1.165, 1.54) is 24.3 Å². The number of halogens is 2. The summed E-state index contributed by atoms with van der Waals surface area (Å²) in [5.74, 6) is -0.763. The zero-order valence-electron chi connectivity index (χ0n) is 9.82. The Balaban J connectivity index is 0.00000289. The first-order chi connectivity index (χ1) is 8.13. The van der Waals surface area contributed by atoms with Gasteiger partial charge < -0.3 is 11.1 Å². The number of hydrogen-bond acceptors (Lipinski definition) is 3. The molecule has 0 fully saturated rings. The molecule has 0 saturated carbocycles. The fourth-order valence-corrected chi connectivity index (χ4v) is 1.31. The molecule has 1 rings (SSSR count). The van der Waals surface area contributed by atoms with Gasteiger partial charge in [-0.25, -0.2) is 4.39 Å². The number of benzene rings is 1. The standard InChI is InChI=1S/C12H15FN2O2.ClH/c13-10-3-1-9(2-4-10)11(16)5-6-12(17)15-8-7-14;/h1-4H,5-8,14H2,(H,15,17);1H. The van der Waals surface area contributed by atoms with Crippen molar-refractivity contribution >= 4 is 24.1 Å². The van der Waals surface area contributed by atoms with Crippen molar-refractivity contribution in [2.75, 3.05) is 13.1 Å². The van der Waals surface area contributed by atoms with E-state index < -0.39 is 0 Å². The summed E-state index contributed by atoms with van der Waals surface area (Å²) >= 11 is 0. The Bertz CT molecular complexity index is 396. The van der Waals surface area contributed by atoms with Crippen molar-refractivity contribution in [2.45, 2.75) is 12.8 Å². The predicted octanol–water partition coefficient (Wildman–Crippen LogP) is 1.29. The van der Waals surface area contributed by atoms with Gasteiger partial charge in [0.1, 0.15) is 5.82 Å². The van der Waals surface area contributed by atoms with E-state index in [0.29, 0.717) is 18.7 Å². The molecule has 1 aromatic carbocycles. The van der Waals surface area contributed by atoms with Crippen LogP contribution >= 0.6 is 12.4 Å². The summed E-state index contributed by atoms with van der Waals surface area (Å²) in [5.41, 5.74) is 5.64. The lowest BCUT2D eigenvalue weighted by atomic mass is 10.1. The largest absolute Gasteiger partial charge is 0.355 e. The molecule has 1 aromatic rings. The smallest absolute Gasteiger partial charge is 0.220 e. The topological polar surface area (TPSA) is 72.2 Å². The van der Waals surface area contributed by atoms with Crippen LogP contribution in [-0.2, 0) is 4.79 Å². The zero-order chi connectivity index (χ0) is 12.7. The number of carbonyl (C=O) groups is 2. The average molecular weight is 275 g/mol. The van der Waals surface area contributed by atoms with Crippen molar-refractivity contribution in [2.24, 2.45) is 5.73 Å². The average Bonchev–Trinajstić information content (AvgIpc) is 2.34. The second-order valence-electron chi connectivity index (χ2n) is 3.57. The maximum Gasteiger partial charge on any atom is 0.220 e. The van der Waals surface area contributed by atoms with Crippen LogP contribution in [0.3, 0.4) is 0 Å². The summed E-state index contributed by atoms with van der Waals surface area (Å²) in [4.78, 5) is 22.8. The number of amides is 1. The highest BCUT2D eigenvalue weighted by atomic mass is 35.5. The fraction of sp³-hybridized carbons (Fsp3) is 0.333. The minimum absolute atomic E-state index is 0. The van der Waals surface area contributed by atoms with Gasteiger partial charge in [-0.1, -0.05) is 0 Å². The molecule has 0 heterocycles. The maximum atomic E-state index is 12.6. The molecule has 0 aliphatic carbocycles. The van der Waals surface area contributed by atoms with Crippen LogP contribution in [0.25, 0.3) is 0 Å². The predicted molar refractivity (Wildman–Crippen MR) is 69.3 cm³/mol. The van der Waals surface area contributed by atoms with Gasteiger partial charge in [-0.05, 0) is 24.3 Å². The summed E-state index contributed by atoms with van der Waals surface area (Å²) < 4.78 is 12.6. The highest BCUT2D eigenvalue weighted by Gasteiger charge is 2.08. The normalized spacial score (nSPS) is 9.44. The first-order valence-corrected chi connectivity index (χ1v) is 5.39. The van der Waals surface area contributed by atoms with Crippen LogP contribution in [0.1, 0.15) is 23.2 Å². The quantitative estimate of drug-likeness (QED) is 0.768. The van der Waals surface area contributed by atoms with E-state index in [4.69, 9.17) is 5.73 Å². The second-order valence-corrected chi connectivity index (χ2v) is 3.57. The summed E-state index contributed by atoms with van der Waals surface area (Å²) in [6.07, 6.45) is 0.234. The maximum absolute atomic E-state index is 12.6. The minimum Gasteiger partial charge on any atom is -0.355 e. The molecule has 0 unspecified atom stereocenters. The van der Waals surface area contributed by atoms with Crippen molar-refractivity contribution in [3.05, 3.63) is 35.6 Å². The van der Waals surface area contributed by atoms with Gasteiger partial charge in [0.05, 0.1) is 0 Å². The van der Waals surface area contributed by atoms with Gasteiger partial charge in [0.15, 0.2) is 5.78 Å². The van der Waals surface area contributed by atoms with Crippen LogP contribution in [0.4, 0.5) is 4.39 Å². The van der Waals surface area contributed by atoms with Crippen molar-refractivity contribution < 1.29 is 14.0 Å². The van der Waals surface area contributed by atoms with Gasteiger partial charge in [-0.2, -0.15) is 0 Å². The first-order valence-electron chi connectivity index (χ1n) is 5.39. The van der Waals surface area contributed by atoms with E-state index in [2.05, 4.69) is 5.32 Å².